The molecule has 0 fully saturated rings. The van der Waals surface area contributed by atoms with E-state index in [9.17, 15) is 9.59 Å². The van der Waals surface area contributed by atoms with Crippen molar-refractivity contribution in [2.45, 2.75) is 27.2 Å². The number of halogens is 1. The summed E-state index contributed by atoms with van der Waals surface area (Å²) in [5.41, 5.74) is 3.28. The first kappa shape index (κ1) is 17.9. The van der Waals surface area contributed by atoms with E-state index in [-0.39, 0.29) is 17.3 Å². The number of ether oxygens (including phenoxy) is 1. The number of pyridine rings is 1. The molecule has 126 valence electrons. The predicted octanol–water partition coefficient (Wildman–Crippen LogP) is 3.71. The van der Waals surface area contributed by atoms with Crippen LogP contribution in [0.25, 0.3) is 0 Å². The Labute approximate surface area is 146 Å². The van der Waals surface area contributed by atoms with Crippen LogP contribution in [0.5, 0.6) is 0 Å². The third kappa shape index (κ3) is 4.32. The van der Waals surface area contributed by atoms with Gasteiger partial charge in [0, 0.05) is 11.4 Å². The van der Waals surface area contributed by atoms with Gasteiger partial charge >= 0.3 is 5.97 Å². The number of aromatic nitrogens is 1. The van der Waals surface area contributed by atoms with Crippen LogP contribution in [0, 0.1) is 13.8 Å². The maximum atomic E-state index is 12.2. The molecule has 2 rings (SSSR count). The second-order valence-corrected chi connectivity index (χ2v) is 5.74. The highest BCUT2D eigenvalue weighted by molar-refractivity contribution is 6.32. The quantitative estimate of drug-likeness (QED) is 0.662. The number of carbonyl (C=O) groups excluding carboxylic acids is 2. The number of amides is 1. The third-order valence-corrected chi connectivity index (χ3v) is 3.78. The van der Waals surface area contributed by atoms with E-state index in [1.807, 2.05) is 31.2 Å². The van der Waals surface area contributed by atoms with Gasteiger partial charge in [0.25, 0.3) is 5.91 Å². The zero-order valence-electron chi connectivity index (χ0n) is 13.9. The molecule has 2 aromatic rings. The van der Waals surface area contributed by atoms with Crippen molar-refractivity contribution in [3.05, 3.63) is 57.9 Å². The minimum Gasteiger partial charge on any atom is -0.452 e. The van der Waals surface area contributed by atoms with E-state index < -0.39 is 11.9 Å². The van der Waals surface area contributed by atoms with Crippen LogP contribution < -0.4 is 5.32 Å². The van der Waals surface area contributed by atoms with Crippen LogP contribution in [0.15, 0.2) is 30.3 Å². The normalized spacial score (nSPS) is 10.3. The molecule has 1 N–H and O–H groups in total. The summed E-state index contributed by atoms with van der Waals surface area (Å²) in [6, 6.07) is 9.22. The summed E-state index contributed by atoms with van der Waals surface area (Å²) >= 11 is 6.00. The fourth-order valence-corrected chi connectivity index (χ4v) is 2.74. The largest absolute Gasteiger partial charge is 0.452 e. The number of anilines is 1. The van der Waals surface area contributed by atoms with Gasteiger partial charge < -0.3 is 10.1 Å². The van der Waals surface area contributed by atoms with E-state index in [1.165, 1.54) is 0 Å². The Balaban J connectivity index is 2.00. The van der Waals surface area contributed by atoms with Crippen LogP contribution in [0.3, 0.4) is 0 Å². The number of aryl methyl sites for hydroxylation is 3. The van der Waals surface area contributed by atoms with Crippen molar-refractivity contribution in [3.8, 4) is 0 Å². The molecular formula is C18H19ClN2O3. The Hall–Kier alpha value is -2.40. The van der Waals surface area contributed by atoms with E-state index in [2.05, 4.69) is 10.3 Å². The van der Waals surface area contributed by atoms with Gasteiger partial charge in [-0.2, -0.15) is 0 Å². The van der Waals surface area contributed by atoms with Gasteiger partial charge in [0.15, 0.2) is 6.61 Å². The Morgan fingerprint density at radius 1 is 1.25 bits per heavy atom. The second kappa shape index (κ2) is 7.93. The molecule has 1 aromatic heterocycles. The number of nitrogens with one attached hydrogen (secondary N) is 1. The highest BCUT2D eigenvalue weighted by Crippen LogP contribution is 2.20. The number of para-hydroxylation sites is 1. The van der Waals surface area contributed by atoms with Gasteiger partial charge in [-0.15, -0.1) is 0 Å². The van der Waals surface area contributed by atoms with Crippen molar-refractivity contribution in [1.82, 2.24) is 4.98 Å². The maximum Gasteiger partial charge on any atom is 0.342 e. The summed E-state index contributed by atoms with van der Waals surface area (Å²) in [5, 5.41) is 2.82. The first-order valence-corrected chi connectivity index (χ1v) is 7.98. The van der Waals surface area contributed by atoms with Crippen molar-refractivity contribution in [2.24, 2.45) is 0 Å². The third-order valence-electron chi connectivity index (χ3n) is 3.51. The van der Waals surface area contributed by atoms with E-state index >= 15 is 0 Å². The molecular weight excluding hydrogens is 328 g/mol. The fraction of sp³-hybridized carbons (Fsp3) is 0.278. The van der Waals surface area contributed by atoms with Crippen molar-refractivity contribution < 1.29 is 14.3 Å². The van der Waals surface area contributed by atoms with Crippen LogP contribution in [0.4, 0.5) is 5.69 Å². The van der Waals surface area contributed by atoms with Crippen LogP contribution >= 0.6 is 11.6 Å². The number of benzene rings is 1. The Morgan fingerprint density at radius 3 is 2.62 bits per heavy atom. The minimum atomic E-state index is -0.663. The summed E-state index contributed by atoms with van der Waals surface area (Å²) in [7, 11) is 0. The molecule has 0 saturated heterocycles. The van der Waals surface area contributed by atoms with Gasteiger partial charge in [0.1, 0.15) is 5.15 Å². The summed E-state index contributed by atoms with van der Waals surface area (Å²) in [4.78, 5) is 28.2. The van der Waals surface area contributed by atoms with Crippen LogP contribution in [-0.4, -0.2) is 23.5 Å². The van der Waals surface area contributed by atoms with Crippen LogP contribution in [0.1, 0.15) is 34.1 Å². The predicted molar refractivity (Wildman–Crippen MR) is 93.5 cm³/mol. The summed E-state index contributed by atoms with van der Waals surface area (Å²) in [5.74, 6) is -1.07. The van der Waals surface area contributed by atoms with Crippen LogP contribution in [0.2, 0.25) is 5.15 Å². The Morgan fingerprint density at radius 2 is 1.96 bits per heavy atom. The van der Waals surface area contributed by atoms with Gasteiger partial charge in [-0.05, 0) is 43.5 Å². The first-order chi connectivity index (χ1) is 11.4. The number of nitrogens with zero attached hydrogens (tertiary/aromatic N) is 1. The molecule has 6 heteroatoms. The topological polar surface area (TPSA) is 68.3 Å². The monoisotopic (exact) mass is 346 g/mol. The lowest BCUT2D eigenvalue weighted by molar-refractivity contribution is -0.119. The molecule has 0 aliphatic heterocycles. The zero-order chi connectivity index (χ0) is 17.7. The van der Waals surface area contributed by atoms with Gasteiger partial charge in [0.2, 0.25) is 0 Å². The number of hydrogen-bond donors (Lipinski definition) is 1. The van der Waals surface area contributed by atoms with Gasteiger partial charge in [-0.25, -0.2) is 9.78 Å². The SMILES string of the molecule is CCc1ccccc1NC(=O)COC(=O)c1c(C)cc(C)nc1Cl. The molecule has 0 saturated carbocycles. The molecule has 1 aromatic carbocycles. The highest BCUT2D eigenvalue weighted by Gasteiger charge is 2.18. The molecule has 0 unspecified atom stereocenters. The lowest BCUT2D eigenvalue weighted by atomic mass is 10.1. The summed E-state index contributed by atoms with van der Waals surface area (Å²) < 4.78 is 5.06. The van der Waals surface area contributed by atoms with E-state index in [0.717, 1.165) is 12.0 Å². The lowest BCUT2D eigenvalue weighted by Gasteiger charge is -2.11. The van der Waals surface area contributed by atoms with Crippen molar-refractivity contribution in [1.29, 1.82) is 0 Å². The molecule has 0 atom stereocenters. The van der Waals surface area contributed by atoms with Crippen LogP contribution in [-0.2, 0) is 16.0 Å². The molecule has 1 heterocycles. The highest BCUT2D eigenvalue weighted by atomic mass is 35.5. The van der Waals surface area contributed by atoms with Crippen molar-refractivity contribution in [2.75, 3.05) is 11.9 Å². The number of carbonyl (C=O) groups is 2. The van der Waals surface area contributed by atoms with E-state index in [0.29, 0.717) is 16.9 Å². The maximum absolute atomic E-state index is 12.2. The van der Waals surface area contributed by atoms with Crippen molar-refractivity contribution >= 4 is 29.2 Å². The smallest absolute Gasteiger partial charge is 0.342 e. The molecule has 0 aliphatic rings. The number of rotatable bonds is 5. The molecule has 0 radical (unpaired) electrons. The van der Waals surface area contributed by atoms with Crippen molar-refractivity contribution in [3.63, 3.8) is 0 Å². The average Bonchev–Trinajstić information content (AvgIpc) is 2.52. The molecule has 1 amide bonds. The second-order valence-electron chi connectivity index (χ2n) is 5.38. The molecule has 0 spiro atoms. The minimum absolute atomic E-state index is 0.0780. The van der Waals surface area contributed by atoms with Gasteiger partial charge in [-0.1, -0.05) is 36.7 Å². The number of esters is 1. The van der Waals surface area contributed by atoms with Gasteiger partial charge in [0.05, 0.1) is 5.56 Å². The molecule has 0 bridgehead atoms. The fourth-order valence-electron chi connectivity index (χ4n) is 2.38. The molecule has 5 nitrogen and oxygen atoms in total. The Kier molecular flexibility index (Phi) is 5.93. The van der Waals surface area contributed by atoms with E-state index in [4.69, 9.17) is 16.3 Å². The molecule has 24 heavy (non-hydrogen) atoms. The Bertz CT molecular complexity index is 752. The lowest BCUT2D eigenvalue weighted by Crippen LogP contribution is -2.22. The van der Waals surface area contributed by atoms with E-state index in [1.54, 1.807) is 19.9 Å². The standard InChI is InChI=1S/C18H19ClN2O3/c1-4-13-7-5-6-8-14(13)21-15(22)10-24-18(23)16-11(2)9-12(3)20-17(16)19/h5-9H,4,10H2,1-3H3,(H,21,22). The molecule has 0 aliphatic carbocycles. The summed E-state index contributed by atoms with van der Waals surface area (Å²) in [6.45, 7) is 5.14. The summed E-state index contributed by atoms with van der Waals surface area (Å²) in [6.07, 6.45) is 0.792. The average molecular weight is 347 g/mol. The van der Waals surface area contributed by atoms with Gasteiger partial charge in [-0.3, -0.25) is 4.79 Å². The number of hydrogen-bond acceptors (Lipinski definition) is 4. The zero-order valence-corrected chi connectivity index (χ0v) is 14.6. The first-order valence-electron chi connectivity index (χ1n) is 7.61.